The highest BCUT2D eigenvalue weighted by molar-refractivity contribution is 7.79. The summed E-state index contributed by atoms with van der Waals surface area (Å²) < 4.78 is 34.4. The lowest BCUT2D eigenvalue weighted by atomic mass is 10.2. The maximum absolute atomic E-state index is 13.9. The third-order valence-corrected chi connectivity index (χ3v) is 14.4. The summed E-state index contributed by atoms with van der Waals surface area (Å²) in [6, 6.07) is 39.4. The highest BCUT2D eigenvalue weighted by Crippen LogP contribution is 2.38. The highest BCUT2D eigenvalue weighted by Gasteiger charge is 2.51. The maximum Gasteiger partial charge on any atom is 0.358 e. The van der Waals surface area contributed by atoms with Gasteiger partial charge in [0.25, 0.3) is 13.9 Å². The van der Waals surface area contributed by atoms with Crippen LogP contribution < -0.4 is 26.4 Å². The molecule has 11 heteroatoms. The minimum Gasteiger partial charge on any atom is -0.450 e. The molecule has 4 aromatic carbocycles. The molecule has 1 saturated heterocycles. The predicted molar refractivity (Wildman–Crippen MR) is 208 cm³/mol. The Morgan fingerprint density at radius 1 is 0.846 bits per heavy atom. The van der Waals surface area contributed by atoms with Gasteiger partial charge in [0, 0.05) is 30.4 Å². The molecule has 1 fully saturated rings. The van der Waals surface area contributed by atoms with Gasteiger partial charge in [-0.1, -0.05) is 130 Å². The van der Waals surface area contributed by atoms with Gasteiger partial charge in [-0.3, -0.25) is 9.36 Å². The Labute approximate surface area is 310 Å². The van der Waals surface area contributed by atoms with Gasteiger partial charge in [-0.25, -0.2) is 9.36 Å². The van der Waals surface area contributed by atoms with Crippen molar-refractivity contribution in [3.8, 4) is 5.75 Å². The molecule has 2 heterocycles. The Bertz CT molecular complexity index is 2010. The number of hydrogen-bond acceptors (Lipinski definition) is 8. The van der Waals surface area contributed by atoms with Crippen LogP contribution in [0.5, 0.6) is 5.75 Å². The third-order valence-electron chi connectivity index (χ3n) is 9.26. The van der Waals surface area contributed by atoms with Crippen molar-refractivity contribution in [3.05, 3.63) is 159 Å². The van der Waals surface area contributed by atoms with Crippen LogP contribution in [0.4, 0.5) is 0 Å². The summed E-state index contributed by atoms with van der Waals surface area (Å²) in [7, 11) is -2.96. The fourth-order valence-electron chi connectivity index (χ4n) is 6.75. The molecule has 3 atom stereocenters. The van der Waals surface area contributed by atoms with Crippen molar-refractivity contribution >= 4 is 36.1 Å². The highest BCUT2D eigenvalue weighted by atomic mass is 32.1. The monoisotopic (exact) mass is 736 g/mol. The average Bonchev–Trinajstić information content (AvgIpc) is 3.54. The van der Waals surface area contributed by atoms with Crippen LogP contribution >= 0.6 is 12.2 Å². The van der Waals surface area contributed by atoms with Gasteiger partial charge >= 0.3 is 10.9 Å². The van der Waals surface area contributed by atoms with E-state index in [1.54, 1.807) is 19.1 Å². The van der Waals surface area contributed by atoms with Crippen molar-refractivity contribution < 1.29 is 23.4 Å². The fourth-order valence-corrected chi connectivity index (χ4v) is 11.5. The number of aryl methyl sites for hydroxylation is 1. The first kappa shape index (κ1) is 37.1. The van der Waals surface area contributed by atoms with Crippen molar-refractivity contribution in [1.29, 1.82) is 0 Å². The lowest BCUT2D eigenvalue weighted by Crippen LogP contribution is -2.67. The molecule has 0 radical (unpaired) electrons. The smallest absolute Gasteiger partial charge is 0.358 e. The summed E-state index contributed by atoms with van der Waals surface area (Å²) in [6.45, 7) is 8.48. The summed E-state index contributed by atoms with van der Waals surface area (Å²) in [5, 5.41) is 1.90. The van der Waals surface area contributed by atoms with E-state index >= 15 is 0 Å². The van der Waals surface area contributed by atoms with Crippen LogP contribution in [-0.4, -0.2) is 41.5 Å². The first-order valence-corrected chi connectivity index (χ1v) is 19.7. The first-order valence-electron chi connectivity index (χ1n) is 17.3. The second-order valence-electron chi connectivity index (χ2n) is 13.9. The standard InChI is InChI=1S/C41H44N2O7SSi/c1-30-26-42(39(45)43(38(30)44)29-46-27-31-17-9-5-10-18-31)37-25-35(50-40(51)48-32-19-11-6-12-20-32)36(49-37)28-47-52(41(2,3)4,33-21-13-7-14-22-33)34-23-15-8-16-24-34/h5-24,26,35-37H,25,27-29H2,1-4H3/t35-,36+,37+/m0/s1. The Morgan fingerprint density at radius 2 is 1.40 bits per heavy atom. The Morgan fingerprint density at radius 3 is 1.98 bits per heavy atom. The van der Waals surface area contributed by atoms with E-state index < -0.39 is 38.0 Å². The molecule has 52 heavy (non-hydrogen) atoms. The maximum atomic E-state index is 13.9. The van der Waals surface area contributed by atoms with Crippen LogP contribution in [0.1, 0.15) is 44.5 Å². The van der Waals surface area contributed by atoms with E-state index in [-0.39, 0.29) is 36.6 Å². The molecule has 6 rings (SSSR count). The molecule has 0 spiro atoms. The number of thiocarbonyl (C=S) groups is 1. The minimum atomic E-state index is -2.96. The Kier molecular flexibility index (Phi) is 11.7. The SMILES string of the molecule is Cc1cn([C@H]2C[C@H](OC(=S)Oc3ccccc3)[C@@H](CO[Si](c3ccccc3)(c3ccccc3)C(C)(C)C)O2)c(=O)n(COCc2ccccc2)c1=O. The molecule has 1 aliphatic rings. The van der Waals surface area contributed by atoms with E-state index in [4.69, 9.17) is 35.6 Å². The van der Waals surface area contributed by atoms with Gasteiger partial charge in [-0.05, 0) is 40.0 Å². The van der Waals surface area contributed by atoms with E-state index in [9.17, 15) is 9.59 Å². The van der Waals surface area contributed by atoms with E-state index in [2.05, 4.69) is 45.0 Å². The molecule has 9 nitrogen and oxygen atoms in total. The fraction of sp³-hybridized carbons (Fsp3) is 0.293. The van der Waals surface area contributed by atoms with Gasteiger partial charge in [0.15, 0.2) is 0 Å². The molecule has 1 aliphatic heterocycles. The largest absolute Gasteiger partial charge is 0.450 e. The predicted octanol–water partition coefficient (Wildman–Crippen LogP) is 6.11. The van der Waals surface area contributed by atoms with Gasteiger partial charge in [0.2, 0.25) is 0 Å². The average molecular weight is 737 g/mol. The van der Waals surface area contributed by atoms with Crippen molar-refractivity contribution in [2.75, 3.05) is 6.61 Å². The summed E-state index contributed by atoms with van der Waals surface area (Å²) in [6.07, 6.45) is -0.295. The van der Waals surface area contributed by atoms with Gasteiger partial charge in [0.1, 0.15) is 30.9 Å². The van der Waals surface area contributed by atoms with Crippen LogP contribution in [-0.2, 0) is 32.0 Å². The number of aromatic nitrogens is 2. The minimum absolute atomic E-state index is 0.0706. The number of para-hydroxylation sites is 1. The van der Waals surface area contributed by atoms with Gasteiger partial charge in [-0.2, -0.15) is 0 Å². The van der Waals surface area contributed by atoms with Crippen molar-refractivity contribution in [1.82, 2.24) is 9.13 Å². The second-order valence-corrected chi connectivity index (χ2v) is 18.5. The molecule has 0 saturated carbocycles. The van der Waals surface area contributed by atoms with E-state index in [1.807, 2.05) is 84.9 Å². The summed E-state index contributed by atoms with van der Waals surface area (Å²) in [5.74, 6) is 0.539. The summed E-state index contributed by atoms with van der Waals surface area (Å²) in [5.41, 5.74) is 0.326. The molecule has 1 aromatic heterocycles. The zero-order valence-corrected chi connectivity index (χ0v) is 31.7. The van der Waals surface area contributed by atoms with E-state index in [0.29, 0.717) is 11.3 Å². The topological polar surface area (TPSA) is 90.2 Å². The lowest BCUT2D eigenvalue weighted by molar-refractivity contribution is -0.0436. The Hall–Kier alpha value is -4.65. The van der Waals surface area contributed by atoms with Crippen molar-refractivity contribution in [3.63, 3.8) is 0 Å². The van der Waals surface area contributed by atoms with E-state index in [1.165, 1.54) is 10.8 Å². The van der Waals surface area contributed by atoms with Crippen LogP contribution in [0.15, 0.2) is 137 Å². The normalized spacial score (nSPS) is 17.5. The van der Waals surface area contributed by atoms with Crippen molar-refractivity contribution in [2.24, 2.45) is 0 Å². The third kappa shape index (κ3) is 8.19. The quantitative estimate of drug-likeness (QED) is 0.112. The number of benzene rings is 4. The Balaban J connectivity index is 1.31. The first-order chi connectivity index (χ1) is 25.1. The van der Waals surface area contributed by atoms with Crippen LogP contribution in [0, 0.1) is 6.92 Å². The zero-order valence-electron chi connectivity index (χ0n) is 29.8. The molecule has 0 amide bonds. The van der Waals surface area contributed by atoms with Crippen LogP contribution in [0.3, 0.4) is 0 Å². The molecule has 0 N–H and O–H groups in total. The van der Waals surface area contributed by atoms with Crippen LogP contribution in [0.25, 0.3) is 0 Å². The molecular weight excluding hydrogens is 693 g/mol. The molecule has 270 valence electrons. The van der Waals surface area contributed by atoms with Crippen molar-refractivity contribution in [2.45, 2.75) is 70.9 Å². The number of nitrogens with zero attached hydrogens (tertiary/aromatic N) is 2. The second kappa shape index (κ2) is 16.4. The number of rotatable bonds is 12. The summed E-state index contributed by atoms with van der Waals surface area (Å²) in [4.78, 5) is 27.1. The zero-order chi connectivity index (χ0) is 36.7. The summed E-state index contributed by atoms with van der Waals surface area (Å²) >= 11 is 5.56. The lowest BCUT2D eigenvalue weighted by Gasteiger charge is -2.43. The van der Waals surface area contributed by atoms with Gasteiger partial charge in [0.05, 0.1) is 13.2 Å². The molecule has 0 aliphatic carbocycles. The molecule has 0 unspecified atom stereocenters. The molecular formula is C41H44N2O7SSi. The van der Waals surface area contributed by atoms with Gasteiger partial charge in [-0.15, -0.1) is 0 Å². The molecule has 0 bridgehead atoms. The van der Waals surface area contributed by atoms with E-state index in [0.717, 1.165) is 20.5 Å². The molecule has 5 aromatic rings. The van der Waals surface area contributed by atoms with Crippen LogP contribution in [0.2, 0.25) is 5.04 Å². The number of ether oxygens (including phenoxy) is 4. The van der Waals surface area contributed by atoms with Gasteiger partial charge < -0.3 is 23.4 Å². The number of hydrogen-bond donors (Lipinski definition) is 0.